The number of aliphatic hydroxyl groups is 1. The minimum atomic E-state index is -0.484. The van der Waals surface area contributed by atoms with Crippen LogP contribution in [0.15, 0.2) is 23.4 Å². The van der Waals surface area contributed by atoms with Gasteiger partial charge in [-0.2, -0.15) is 0 Å². The predicted molar refractivity (Wildman–Crippen MR) is 75.9 cm³/mol. The zero-order valence-electron chi connectivity index (χ0n) is 11.0. The molecule has 0 radical (unpaired) electrons. The summed E-state index contributed by atoms with van der Waals surface area (Å²) in [7, 11) is 1.57. The number of methoxy groups -OCH3 is 1. The lowest BCUT2D eigenvalue weighted by Crippen LogP contribution is -2.16. The molecule has 2 aromatic rings. The molecule has 0 bridgehead atoms. The van der Waals surface area contributed by atoms with Gasteiger partial charge in [-0.05, 0) is 19.1 Å². The number of aromatic amines is 1. The van der Waals surface area contributed by atoms with Crippen LogP contribution in [0.25, 0.3) is 11.0 Å². The third kappa shape index (κ3) is 3.86. The lowest BCUT2D eigenvalue weighted by Gasteiger charge is -2.06. The molecule has 2 N–H and O–H groups in total. The number of ether oxygens (including phenoxy) is 2. The maximum atomic E-state index is 9.59. The van der Waals surface area contributed by atoms with Gasteiger partial charge in [0.25, 0.3) is 0 Å². The van der Waals surface area contributed by atoms with Crippen LogP contribution in [-0.4, -0.2) is 47.3 Å². The fourth-order valence-electron chi connectivity index (χ4n) is 1.71. The van der Waals surface area contributed by atoms with E-state index in [2.05, 4.69) is 9.97 Å². The van der Waals surface area contributed by atoms with E-state index in [9.17, 15) is 5.11 Å². The molecular formula is C13H18N2O3S. The van der Waals surface area contributed by atoms with Gasteiger partial charge in [-0.15, -0.1) is 0 Å². The van der Waals surface area contributed by atoms with Gasteiger partial charge >= 0.3 is 0 Å². The van der Waals surface area contributed by atoms with Gasteiger partial charge in [0.2, 0.25) is 0 Å². The molecule has 5 nitrogen and oxygen atoms in total. The number of thioether (sulfide) groups is 1. The van der Waals surface area contributed by atoms with Crippen molar-refractivity contribution in [1.29, 1.82) is 0 Å². The minimum absolute atomic E-state index is 0.335. The second-order valence-electron chi connectivity index (χ2n) is 4.07. The topological polar surface area (TPSA) is 67.4 Å². The average molecular weight is 282 g/mol. The molecule has 0 amide bonds. The van der Waals surface area contributed by atoms with E-state index in [1.165, 1.54) is 11.8 Å². The minimum Gasteiger partial charge on any atom is -0.494 e. The summed E-state index contributed by atoms with van der Waals surface area (Å²) in [6.45, 7) is 2.93. The van der Waals surface area contributed by atoms with E-state index < -0.39 is 6.10 Å². The van der Waals surface area contributed by atoms with Crippen molar-refractivity contribution in [1.82, 2.24) is 9.97 Å². The number of nitrogens with zero attached hydrogens (tertiary/aromatic N) is 1. The van der Waals surface area contributed by atoms with Crippen LogP contribution >= 0.6 is 11.8 Å². The molecule has 1 aromatic carbocycles. The lowest BCUT2D eigenvalue weighted by molar-refractivity contribution is 0.0794. The van der Waals surface area contributed by atoms with Crippen LogP contribution in [0.4, 0.5) is 0 Å². The number of hydrogen-bond acceptors (Lipinski definition) is 5. The molecule has 0 aliphatic rings. The smallest absolute Gasteiger partial charge is 0.166 e. The van der Waals surface area contributed by atoms with E-state index in [-0.39, 0.29) is 0 Å². The second kappa shape index (κ2) is 6.79. The molecule has 1 atom stereocenters. The molecule has 0 aliphatic carbocycles. The standard InChI is InChI=1S/C13H18N2O3S/c1-3-18-10-4-5-11-12(6-10)15-13(14-11)19-8-9(16)7-17-2/h4-6,9,16H,3,7-8H2,1-2H3,(H,14,15). The molecule has 1 heterocycles. The Morgan fingerprint density at radius 3 is 3.05 bits per heavy atom. The summed E-state index contributed by atoms with van der Waals surface area (Å²) in [5, 5.41) is 10.4. The molecule has 2 rings (SSSR count). The lowest BCUT2D eigenvalue weighted by atomic mass is 10.3. The third-order valence-electron chi connectivity index (χ3n) is 2.51. The van der Waals surface area contributed by atoms with Gasteiger partial charge in [0.1, 0.15) is 5.75 Å². The van der Waals surface area contributed by atoms with E-state index in [1.807, 2.05) is 25.1 Å². The first kappa shape index (κ1) is 14.2. The molecule has 0 fully saturated rings. The Hall–Kier alpha value is -1.24. The molecule has 0 saturated heterocycles. The van der Waals surface area contributed by atoms with Crippen LogP contribution in [0, 0.1) is 0 Å². The van der Waals surface area contributed by atoms with Gasteiger partial charge in [0.05, 0.1) is 30.4 Å². The van der Waals surface area contributed by atoms with Crippen LogP contribution in [0.3, 0.4) is 0 Å². The molecule has 0 aliphatic heterocycles. The number of aromatic nitrogens is 2. The zero-order chi connectivity index (χ0) is 13.7. The Balaban J connectivity index is 2.04. The SMILES string of the molecule is CCOc1ccc2nc(SCC(O)COC)[nH]c2c1. The number of H-pyrrole nitrogens is 1. The summed E-state index contributed by atoms with van der Waals surface area (Å²) in [5.41, 5.74) is 1.84. The number of rotatable bonds is 7. The van der Waals surface area contributed by atoms with Crippen molar-refractivity contribution in [3.05, 3.63) is 18.2 Å². The largest absolute Gasteiger partial charge is 0.494 e. The van der Waals surface area contributed by atoms with E-state index in [0.29, 0.717) is 19.0 Å². The van der Waals surface area contributed by atoms with E-state index >= 15 is 0 Å². The normalized spacial score (nSPS) is 12.8. The van der Waals surface area contributed by atoms with E-state index in [1.54, 1.807) is 7.11 Å². The molecule has 0 spiro atoms. The summed E-state index contributed by atoms with van der Waals surface area (Å²) in [6.07, 6.45) is -0.484. The fraction of sp³-hybridized carbons (Fsp3) is 0.462. The highest BCUT2D eigenvalue weighted by atomic mass is 32.2. The molecule has 6 heteroatoms. The molecule has 104 valence electrons. The Kier molecular flexibility index (Phi) is 5.07. The predicted octanol–water partition coefficient (Wildman–Crippen LogP) is 2.06. The molecule has 1 unspecified atom stereocenters. The van der Waals surface area contributed by atoms with Crippen molar-refractivity contribution in [3.8, 4) is 5.75 Å². The van der Waals surface area contributed by atoms with Gasteiger partial charge in [0, 0.05) is 18.9 Å². The second-order valence-corrected chi connectivity index (χ2v) is 5.08. The van der Waals surface area contributed by atoms with E-state index in [0.717, 1.165) is 21.9 Å². The number of fused-ring (bicyclic) bond motifs is 1. The summed E-state index contributed by atoms with van der Waals surface area (Å²) >= 11 is 1.48. The third-order valence-corrected chi connectivity index (χ3v) is 3.53. The number of imidazole rings is 1. The highest BCUT2D eigenvalue weighted by Gasteiger charge is 2.08. The van der Waals surface area contributed by atoms with Crippen molar-refractivity contribution >= 4 is 22.8 Å². The summed E-state index contributed by atoms with van der Waals surface area (Å²) in [5.74, 6) is 1.38. The first-order valence-corrected chi connectivity index (χ1v) is 7.14. The number of benzene rings is 1. The Morgan fingerprint density at radius 1 is 1.47 bits per heavy atom. The first-order chi connectivity index (χ1) is 9.22. The monoisotopic (exact) mass is 282 g/mol. The van der Waals surface area contributed by atoms with Gasteiger partial charge < -0.3 is 19.6 Å². The van der Waals surface area contributed by atoms with Crippen LogP contribution < -0.4 is 4.74 Å². The van der Waals surface area contributed by atoms with Crippen LogP contribution in [0.2, 0.25) is 0 Å². The van der Waals surface area contributed by atoms with E-state index in [4.69, 9.17) is 9.47 Å². The van der Waals surface area contributed by atoms with Gasteiger partial charge in [-0.1, -0.05) is 11.8 Å². The average Bonchev–Trinajstić information content (AvgIpc) is 2.79. The molecular weight excluding hydrogens is 264 g/mol. The van der Waals surface area contributed by atoms with Crippen molar-refractivity contribution in [2.75, 3.05) is 26.1 Å². The van der Waals surface area contributed by atoms with Crippen molar-refractivity contribution in [2.24, 2.45) is 0 Å². The van der Waals surface area contributed by atoms with Crippen LogP contribution in [0.5, 0.6) is 5.75 Å². The first-order valence-electron chi connectivity index (χ1n) is 6.15. The number of nitrogens with one attached hydrogen (secondary N) is 1. The Morgan fingerprint density at radius 2 is 2.32 bits per heavy atom. The Bertz CT molecular complexity index is 530. The number of aliphatic hydroxyl groups excluding tert-OH is 1. The van der Waals surface area contributed by atoms with Crippen molar-refractivity contribution in [2.45, 2.75) is 18.2 Å². The van der Waals surface area contributed by atoms with Gasteiger partial charge in [-0.25, -0.2) is 4.98 Å². The summed E-state index contributed by atoms with van der Waals surface area (Å²) in [4.78, 5) is 7.66. The maximum absolute atomic E-state index is 9.59. The fourth-order valence-corrected chi connectivity index (χ4v) is 2.50. The van der Waals surface area contributed by atoms with Gasteiger partial charge in [0.15, 0.2) is 5.16 Å². The van der Waals surface area contributed by atoms with Crippen LogP contribution in [-0.2, 0) is 4.74 Å². The summed E-state index contributed by atoms with van der Waals surface area (Å²) < 4.78 is 10.3. The Labute approximate surface area is 116 Å². The van der Waals surface area contributed by atoms with Crippen molar-refractivity contribution < 1.29 is 14.6 Å². The molecule has 0 saturated carbocycles. The zero-order valence-corrected chi connectivity index (χ0v) is 11.9. The number of hydrogen-bond donors (Lipinski definition) is 2. The maximum Gasteiger partial charge on any atom is 0.166 e. The highest BCUT2D eigenvalue weighted by Crippen LogP contribution is 2.23. The highest BCUT2D eigenvalue weighted by molar-refractivity contribution is 7.99. The molecule has 1 aromatic heterocycles. The van der Waals surface area contributed by atoms with Crippen LogP contribution in [0.1, 0.15) is 6.92 Å². The molecule has 19 heavy (non-hydrogen) atoms. The van der Waals surface area contributed by atoms with Gasteiger partial charge in [-0.3, -0.25) is 0 Å². The summed E-state index contributed by atoms with van der Waals surface area (Å²) in [6, 6.07) is 5.76. The van der Waals surface area contributed by atoms with Crippen molar-refractivity contribution in [3.63, 3.8) is 0 Å². The quantitative estimate of drug-likeness (QED) is 0.761.